The molecule has 21 heavy (non-hydrogen) atoms. The fraction of sp³-hybridized carbons (Fsp3) is 0.533. The Morgan fingerprint density at radius 2 is 1.76 bits per heavy atom. The van der Waals surface area contributed by atoms with Gasteiger partial charge in [-0.3, -0.25) is 0 Å². The molecule has 6 heteroatoms. The van der Waals surface area contributed by atoms with E-state index in [-0.39, 0.29) is 0 Å². The zero-order chi connectivity index (χ0) is 15.2. The highest BCUT2D eigenvalue weighted by Gasteiger charge is 2.11. The van der Waals surface area contributed by atoms with E-state index < -0.39 is 0 Å². The molecule has 0 amide bonds. The van der Waals surface area contributed by atoms with E-state index in [4.69, 9.17) is 4.52 Å². The van der Waals surface area contributed by atoms with Crippen molar-refractivity contribution in [3.8, 4) is 0 Å². The maximum atomic E-state index is 5.06. The molecule has 0 aromatic carbocycles. The van der Waals surface area contributed by atoms with Crippen molar-refractivity contribution in [1.29, 1.82) is 0 Å². The zero-order valence-electron chi connectivity index (χ0n) is 13.2. The minimum absolute atomic E-state index is 0.661. The van der Waals surface area contributed by atoms with E-state index in [0.717, 1.165) is 49.2 Å². The summed E-state index contributed by atoms with van der Waals surface area (Å²) in [6.07, 6.45) is 2.14. The van der Waals surface area contributed by atoms with E-state index in [1.807, 2.05) is 26.0 Å². The molecule has 2 aromatic rings. The number of rotatable bonds is 7. The van der Waals surface area contributed by atoms with E-state index >= 15 is 0 Å². The van der Waals surface area contributed by atoms with Crippen LogP contribution in [0.1, 0.15) is 38.1 Å². The first kappa shape index (κ1) is 15.3. The topological polar surface area (TPSA) is 67.1 Å². The third-order valence-corrected chi connectivity index (χ3v) is 3.00. The molecule has 2 heterocycles. The van der Waals surface area contributed by atoms with Crippen LogP contribution in [0.3, 0.4) is 0 Å². The molecule has 6 nitrogen and oxygen atoms in total. The number of aryl methyl sites for hydroxylation is 2. The zero-order valence-corrected chi connectivity index (χ0v) is 13.2. The van der Waals surface area contributed by atoms with Crippen LogP contribution in [0.5, 0.6) is 0 Å². The summed E-state index contributed by atoms with van der Waals surface area (Å²) in [5.74, 6) is 2.93. The number of nitrogens with zero attached hydrogens (tertiary/aromatic N) is 4. The van der Waals surface area contributed by atoms with E-state index in [0.29, 0.717) is 5.82 Å². The van der Waals surface area contributed by atoms with Gasteiger partial charge in [0, 0.05) is 30.9 Å². The average Bonchev–Trinajstić information content (AvgIpc) is 2.83. The first-order chi connectivity index (χ1) is 10.1. The van der Waals surface area contributed by atoms with Crippen LogP contribution in [0.15, 0.2) is 16.7 Å². The van der Waals surface area contributed by atoms with Crippen LogP contribution in [-0.4, -0.2) is 28.2 Å². The van der Waals surface area contributed by atoms with Crippen LogP contribution in [0.4, 0.5) is 17.6 Å². The van der Waals surface area contributed by atoms with Gasteiger partial charge in [0.05, 0.1) is 0 Å². The standard InChI is InChI=1S/C15H23N5O/c1-5-7-20(8-6-2)15-16-11(3)9-13(18-15)17-14-10-12(4)21-19-14/h9-10H,5-8H2,1-4H3,(H,16,17,18,19). The van der Waals surface area contributed by atoms with Gasteiger partial charge in [-0.15, -0.1) is 0 Å². The number of hydrogen-bond donors (Lipinski definition) is 1. The van der Waals surface area contributed by atoms with Crippen molar-refractivity contribution in [1.82, 2.24) is 15.1 Å². The summed E-state index contributed by atoms with van der Waals surface area (Å²) in [7, 11) is 0. The van der Waals surface area contributed by atoms with Crippen LogP contribution in [0.25, 0.3) is 0 Å². The Hall–Kier alpha value is -2.11. The SMILES string of the molecule is CCCN(CCC)c1nc(C)cc(Nc2cc(C)on2)n1. The Bertz CT molecular complexity index is 575. The number of nitrogens with one attached hydrogen (secondary N) is 1. The minimum atomic E-state index is 0.661. The van der Waals surface area contributed by atoms with Gasteiger partial charge < -0.3 is 14.7 Å². The molecule has 0 saturated heterocycles. The minimum Gasteiger partial charge on any atom is -0.360 e. The van der Waals surface area contributed by atoms with Crippen LogP contribution in [0.2, 0.25) is 0 Å². The first-order valence-electron chi connectivity index (χ1n) is 7.43. The highest BCUT2D eigenvalue weighted by Crippen LogP contribution is 2.18. The van der Waals surface area contributed by atoms with Crippen molar-refractivity contribution in [3.05, 3.63) is 23.6 Å². The Morgan fingerprint density at radius 3 is 2.33 bits per heavy atom. The third-order valence-electron chi connectivity index (χ3n) is 3.00. The molecule has 0 fully saturated rings. The predicted molar refractivity (Wildman–Crippen MR) is 84.1 cm³/mol. The second-order valence-corrected chi connectivity index (χ2v) is 5.13. The molecule has 2 aromatic heterocycles. The highest BCUT2D eigenvalue weighted by atomic mass is 16.5. The second-order valence-electron chi connectivity index (χ2n) is 5.13. The quantitative estimate of drug-likeness (QED) is 0.842. The van der Waals surface area contributed by atoms with E-state index in [1.165, 1.54) is 0 Å². The van der Waals surface area contributed by atoms with Crippen LogP contribution >= 0.6 is 0 Å². The van der Waals surface area contributed by atoms with Crippen LogP contribution in [-0.2, 0) is 0 Å². The molecule has 0 bridgehead atoms. The molecule has 0 unspecified atom stereocenters. The Kier molecular flexibility index (Phi) is 5.14. The van der Waals surface area contributed by atoms with Gasteiger partial charge in [0.15, 0.2) is 5.82 Å². The van der Waals surface area contributed by atoms with Crippen molar-refractivity contribution in [3.63, 3.8) is 0 Å². The summed E-state index contributed by atoms with van der Waals surface area (Å²) in [5, 5.41) is 7.09. The monoisotopic (exact) mass is 289 g/mol. The molecule has 2 rings (SSSR count). The Labute approximate surface area is 125 Å². The molecule has 0 saturated carbocycles. The van der Waals surface area contributed by atoms with Crippen LogP contribution < -0.4 is 10.2 Å². The van der Waals surface area contributed by atoms with E-state index in [2.05, 4.69) is 39.2 Å². The number of hydrogen-bond acceptors (Lipinski definition) is 6. The maximum absolute atomic E-state index is 5.06. The van der Waals surface area contributed by atoms with Crippen LogP contribution in [0, 0.1) is 13.8 Å². The molecule has 0 aliphatic heterocycles. The average molecular weight is 289 g/mol. The fourth-order valence-corrected chi connectivity index (χ4v) is 2.17. The molecule has 0 aliphatic rings. The smallest absolute Gasteiger partial charge is 0.227 e. The summed E-state index contributed by atoms with van der Waals surface area (Å²) < 4.78 is 5.06. The van der Waals surface area contributed by atoms with Gasteiger partial charge in [0.2, 0.25) is 5.95 Å². The second kappa shape index (κ2) is 7.06. The molecular formula is C15H23N5O. The molecular weight excluding hydrogens is 266 g/mol. The lowest BCUT2D eigenvalue weighted by atomic mass is 10.3. The van der Waals surface area contributed by atoms with Crippen molar-refractivity contribution in [2.24, 2.45) is 0 Å². The number of anilines is 3. The molecule has 0 atom stereocenters. The van der Waals surface area contributed by atoms with Gasteiger partial charge in [0.25, 0.3) is 0 Å². The van der Waals surface area contributed by atoms with Gasteiger partial charge in [0.1, 0.15) is 11.6 Å². The van der Waals surface area contributed by atoms with Gasteiger partial charge in [-0.2, -0.15) is 4.98 Å². The van der Waals surface area contributed by atoms with Gasteiger partial charge in [-0.05, 0) is 26.7 Å². The predicted octanol–water partition coefficient (Wildman–Crippen LogP) is 3.45. The Balaban J connectivity index is 2.22. The van der Waals surface area contributed by atoms with Crippen molar-refractivity contribution < 1.29 is 4.52 Å². The lowest BCUT2D eigenvalue weighted by Crippen LogP contribution is -2.27. The first-order valence-corrected chi connectivity index (χ1v) is 7.43. The van der Waals surface area contributed by atoms with Gasteiger partial charge in [-0.1, -0.05) is 19.0 Å². The highest BCUT2D eigenvalue weighted by molar-refractivity contribution is 5.53. The third kappa shape index (κ3) is 4.18. The summed E-state index contributed by atoms with van der Waals surface area (Å²) >= 11 is 0. The summed E-state index contributed by atoms with van der Waals surface area (Å²) in [5.41, 5.74) is 0.930. The van der Waals surface area contributed by atoms with Crippen molar-refractivity contribution in [2.45, 2.75) is 40.5 Å². The normalized spacial score (nSPS) is 10.7. The molecule has 1 N–H and O–H groups in total. The Morgan fingerprint density at radius 1 is 1.05 bits per heavy atom. The largest absolute Gasteiger partial charge is 0.360 e. The van der Waals surface area contributed by atoms with Crippen molar-refractivity contribution in [2.75, 3.05) is 23.3 Å². The van der Waals surface area contributed by atoms with E-state index in [9.17, 15) is 0 Å². The lowest BCUT2D eigenvalue weighted by Gasteiger charge is -2.22. The van der Waals surface area contributed by atoms with Gasteiger partial charge in [-0.25, -0.2) is 4.98 Å². The molecule has 0 spiro atoms. The molecule has 0 aliphatic carbocycles. The maximum Gasteiger partial charge on any atom is 0.227 e. The molecule has 0 radical (unpaired) electrons. The lowest BCUT2D eigenvalue weighted by molar-refractivity contribution is 0.400. The van der Waals surface area contributed by atoms with Crippen molar-refractivity contribution >= 4 is 17.6 Å². The fourth-order valence-electron chi connectivity index (χ4n) is 2.17. The summed E-state index contributed by atoms with van der Waals surface area (Å²) in [4.78, 5) is 11.4. The molecule has 114 valence electrons. The van der Waals surface area contributed by atoms with E-state index in [1.54, 1.807) is 0 Å². The van der Waals surface area contributed by atoms with Gasteiger partial charge >= 0.3 is 0 Å². The summed E-state index contributed by atoms with van der Waals surface area (Å²) in [6.45, 7) is 10.1. The summed E-state index contributed by atoms with van der Waals surface area (Å²) in [6, 6.07) is 3.75. The number of aromatic nitrogens is 3.